The molecule has 0 aromatic carbocycles. The van der Waals surface area contributed by atoms with Crippen LogP contribution in [0.3, 0.4) is 0 Å². The fourth-order valence-electron chi connectivity index (χ4n) is 7.47. The molecule has 8 heterocycles. The number of H-pyrrole nitrogens is 2. The molecule has 1 saturated heterocycles. The lowest BCUT2D eigenvalue weighted by Crippen LogP contribution is -2.49. The van der Waals surface area contributed by atoms with Gasteiger partial charge < -0.3 is 19.8 Å². The van der Waals surface area contributed by atoms with Crippen LogP contribution in [0.25, 0.3) is 22.1 Å². The summed E-state index contributed by atoms with van der Waals surface area (Å²) in [5.74, 6) is 1.48. The van der Waals surface area contributed by atoms with Crippen LogP contribution in [-0.2, 0) is 25.7 Å². The van der Waals surface area contributed by atoms with E-state index >= 15 is 0 Å². The van der Waals surface area contributed by atoms with Crippen LogP contribution in [-0.4, -0.2) is 108 Å². The first-order chi connectivity index (χ1) is 28.8. The summed E-state index contributed by atoms with van der Waals surface area (Å²) < 4.78 is 0. The Morgan fingerprint density at radius 1 is 0.763 bits per heavy atom. The number of pyridine rings is 3. The molecular weight excluding hydrogens is 781 g/mol. The van der Waals surface area contributed by atoms with E-state index in [0.29, 0.717) is 76.8 Å². The maximum absolute atomic E-state index is 12.8. The largest absolute Gasteiger partial charge is 0.359 e. The zero-order valence-corrected chi connectivity index (χ0v) is 35.2. The summed E-state index contributed by atoms with van der Waals surface area (Å²) in [5.41, 5.74) is 6.18. The summed E-state index contributed by atoms with van der Waals surface area (Å²) in [6.45, 7) is 10.6. The summed E-state index contributed by atoms with van der Waals surface area (Å²) in [5, 5.41) is 2.68. The monoisotopic (exact) mass is 826 g/mol. The van der Waals surface area contributed by atoms with Gasteiger partial charge in [-0.05, 0) is 92.5 Å². The predicted octanol–water partition coefficient (Wildman–Crippen LogP) is 6.90. The number of nitrogens with zero attached hydrogens (tertiary/aromatic N) is 10. The van der Waals surface area contributed by atoms with Gasteiger partial charge in [-0.3, -0.25) is 29.4 Å². The molecule has 0 aliphatic carbocycles. The third kappa shape index (κ3) is 8.84. The van der Waals surface area contributed by atoms with Gasteiger partial charge >= 0.3 is 0 Å². The number of aldehydes is 2. The zero-order valence-electron chi connectivity index (χ0n) is 33.6. The van der Waals surface area contributed by atoms with E-state index in [1.165, 1.54) is 23.5 Å². The lowest BCUT2D eigenvalue weighted by molar-refractivity contribution is 0.111. The van der Waals surface area contributed by atoms with Crippen molar-refractivity contribution in [3.05, 3.63) is 101 Å². The Hall–Kier alpha value is -5.71. The molecule has 16 heteroatoms. The minimum atomic E-state index is 0.470. The molecule has 14 nitrogen and oxygen atoms in total. The van der Waals surface area contributed by atoms with Crippen molar-refractivity contribution in [3.8, 4) is 0 Å². The quantitative estimate of drug-likeness (QED) is 0.0764. The zero-order chi connectivity index (χ0) is 40.9. The van der Waals surface area contributed by atoms with Gasteiger partial charge in [0.2, 0.25) is 0 Å². The standard InChI is InChI=1S/C43H46N12O2S2/c1-5-34-32(25-56)36-38(47-34)49-42(58-30-8-6-15-44-23-30)51-40(36)53(4)17-14-29-12-10-28(22-46-29)11-13-35-33(26-57)37-39(48-35)50-43(59-31-9-7-16-45-24-31)52-41(37)55-20-18-54(19-21-55)27(2)3/h6-10,12,15-16,22-27H,5,11,13-14,17-21H2,1-4H3,(H,47,49,51)(H,48,50,52). The van der Waals surface area contributed by atoms with E-state index in [9.17, 15) is 9.59 Å². The smallest absolute Gasteiger partial charge is 0.196 e. The summed E-state index contributed by atoms with van der Waals surface area (Å²) in [6.07, 6.45) is 13.4. The van der Waals surface area contributed by atoms with Crippen LogP contribution in [0.4, 0.5) is 11.6 Å². The van der Waals surface area contributed by atoms with Crippen molar-refractivity contribution in [1.29, 1.82) is 0 Å². The minimum Gasteiger partial charge on any atom is -0.359 e. The van der Waals surface area contributed by atoms with Crippen molar-refractivity contribution in [3.63, 3.8) is 0 Å². The van der Waals surface area contributed by atoms with Crippen LogP contribution >= 0.6 is 23.5 Å². The number of aromatic amines is 2. The van der Waals surface area contributed by atoms with E-state index in [4.69, 9.17) is 24.9 Å². The first-order valence-electron chi connectivity index (χ1n) is 19.9. The van der Waals surface area contributed by atoms with Crippen LogP contribution in [0.15, 0.2) is 87.5 Å². The van der Waals surface area contributed by atoms with Crippen molar-refractivity contribution in [1.82, 2.24) is 49.8 Å². The molecule has 0 bridgehead atoms. The van der Waals surface area contributed by atoms with Gasteiger partial charge in [0.15, 0.2) is 22.9 Å². The maximum Gasteiger partial charge on any atom is 0.196 e. The Labute approximate surface area is 351 Å². The predicted molar refractivity (Wildman–Crippen MR) is 232 cm³/mol. The Balaban J connectivity index is 0.987. The lowest BCUT2D eigenvalue weighted by atomic mass is 10.1. The molecular formula is C43H46N12O2S2. The van der Waals surface area contributed by atoms with Gasteiger partial charge in [-0.2, -0.15) is 0 Å². The van der Waals surface area contributed by atoms with E-state index in [1.807, 2.05) is 44.4 Å². The topological polar surface area (TPSA) is 166 Å². The first-order valence-corrected chi connectivity index (χ1v) is 21.5. The van der Waals surface area contributed by atoms with E-state index in [1.54, 1.807) is 24.8 Å². The Kier molecular flexibility index (Phi) is 12.3. The number of fused-ring (bicyclic) bond motifs is 2. The molecule has 1 aliphatic rings. The number of carbonyl (C=O) groups excluding carboxylic acids is 2. The highest BCUT2D eigenvalue weighted by Gasteiger charge is 2.26. The Morgan fingerprint density at radius 3 is 2.00 bits per heavy atom. The average Bonchev–Trinajstić information content (AvgIpc) is 3.82. The summed E-state index contributed by atoms with van der Waals surface area (Å²) >= 11 is 2.89. The number of anilines is 2. The van der Waals surface area contributed by atoms with Crippen LogP contribution < -0.4 is 9.80 Å². The van der Waals surface area contributed by atoms with Crippen LogP contribution in [0.5, 0.6) is 0 Å². The number of likely N-dealkylation sites (N-methyl/N-ethyl adjacent to an activating group) is 1. The normalized spacial score (nSPS) is 13.5. The molecule has 8 rings (SSSR count). The third-order valence-electron chi connectivity index (χ3n) is 10.7. The number of piperazine rings is 1. The highest BCUT2D eigenvalue weighted by Crippen LogP contribution is 2.35. The van der Waals surface area contributed by atoms with Crippen LogP contribution in [0.1, 0.15) is 64.1 Å². The van der Waals surface area contributed by atoms with Crippen molar-refractivity contribution >= 4 is 69.8 Å². The highest BCUT2D eigenvalue weighted by molar-refractivity contribution is 7.99. The van der Waals surface area contributed by atoms with Gasteiger partial charge in [0.05, 0.1) is 10.8 Å². The molecule has 0 atom stereocenters. The molecule has 7 aromatic rings. The van der Waals surface area contributed by atoms with Crippen LogP contribution in [0, 0.1) is 0 Å². The van der Waals surface area contributed by atoms with Gasteiger partial charge in [-0.25, -0.2) is 19.9 Å². The second kappa shape index (κ2) is 18.1. The fourth-order valence-corrected chi connectivity index (χ4v) is 8.95. The summed E-state index contributed by atoms with van der Waals surface area (Å²) in [7, 11) is 1.98. The molecule has 59 heavy (non-hydrogen) atoms. The van der Waals surface area contributed by atoms with Crippen molar-refractivity contribution in [2.45, 2.75) is 72.6 Å². The van der Waals surface area contributed by atoms with Gasteiger partial charge in [0.25, 0.3) is 0 Å². The Bertz CT molecular complexity index is 2560. The van der Waals surface area contributed by atoms with Crippen molar-refractivity contribution in [2.75, 3.05) is 49.6 Å². The summed E-state index contributed by atoms with van der Waals surface area (Å²) in [4.78, 5) is 73.6. The third-order valence-corrected chi connectivity index (χ3v) is 12.4. The fraction of sp³-hybridized carbons (Fsp3) is 0.326. The van der Waals surface area contributed by atoms with Gasteiger partial charge in [0.1, 0.15) is 22.9 Å². The second-order valence-electron chi connectivity index (χ2n) is 14.8. The maximum atomic E-state index is 12.8. The minimum absolute atomic E-state index is 0.470. The lowest BCUT2D eigenvalue weighted by Gasteiger charge is -2.37. The van der Waals surface area contributed by atoms with E-state index in [-0.39, 0.29) is 0 Å². The van der Waals surface area contributed by atoms with Gasteiger partial charge in [-0.15, -0.1) is 0 Å². The summed E-state index contributed by atoms with van der Waals surface area (Å²) in [6, 6.07) is 12.4. The number of aryl methyl sites for hydroxylation is 3. The molecule has 0 radical (unpaired) electrons. The molecule has 1 fully saturated rings. The van der Waals surface area contributed by atoms with E-state index < -0.39 is 0 Å². The van der Waals surface area contributed by atoms with E-state index in [2.05, 4.69) is 60.6 Å². The number of nitrogens with one attached hydrogen (secondary N) is 2. The van der Waals surface area contributed by atoms with Gasteiger partial charge in [-0.1, -0.05) is 13.0 Å². The molecule has 7 aromatic heterocycles. The molecule has 0 amide bonds. The van der Waals surface area contributed by atoms with Crippen molar-refractivity contribution in [2.24, 2.45) is 0 Å². The number of carbonyl (C=O) groups is 2. The van der Waals surface area contributed by atoms with E-state index in [0.717, 1.165) is 87.8 Å². The Morgan fingerprint density at radius 2 is 1.41 bits per heavy atom. The highest BCUT2D eigenvalue weighted by atomic mass is 32.2. The molecule has 2 N–H and O–H groups in total. The van der Waals surface area contributed by atoms with Crippen LogP contribution in [0.2, 0.25) is 0 Å². The number of hydrogen-bond donors (Lipinski definition) is 2. The first kappa shape index (κ1) is 40.1. The molecule has 0 spiro atoms. The molecule has 302 valence electrons. The second-order valence-corrected chi connectivity index (χ2v) is 16.8. The number of rotatable bonds is 16. The van der Waals surface area contributed by atoms with Crippen molar-refractivity contribution < 1.29 is 9.59 Å². The average molecular weight is 827 g/mol. The van der Waals surface area contributed by atoms with Gasteiger partial charge in [0, 0.05) is 121 Å². The molecule has 0 unspecified atom stereocenters. The SMILES string of the molecule is CCc1[nH]c2nc(Sc3cccnc3)nc(N(C)CCc3ccc(CCc4[nH]c5nc(Sc6cccnc6)nc(N6CCN(C(C)C)CC6)c5c4C=O)cn3)c2c1C=O. The number of hydrogen-bond acceptors (Lipinski definition) is 14. The molecule has 1 aliphatic heterocycles. The molecule has 0 saturated carbocycles. The number of aromatic nitrogens is 9.